The molecule has 0 unspecified atom stereocenters. The number of aryl methyl sites for hydroxylation is 1. The minimum absolute atomic E-state index is 0.0321. The van der Waals surface area contributed by atoms with E-state index in [4.69, 9.17) is 0 Å². The molecule has 0 amide bonds. The number of piperidine rings is 1. The molecule has 2 aromatic rings. The summed E-state index contributed by atoms with van der Waals surface area (Å²) in [5, 5.41) is 7.93. The first-order valence-electron chi connectivity index (χ1n) is 10.1. The maximum atomic E-state index is 15.2. The Kier molecular flexibility index (Phi) is 5.10. The number of hydrogen-bond donors (Lipinski definition) is 1. The second kappa shape index (κ2) is 7.28. The molecule has 1 aliphatic heterocycles. The highest BCUT2D eigenvalue weighted by Crippen LogP contribution is 2.43. The van der Waals surface area contributed by atoms with Crippen LogP contribution < -0.4 is 5.32 Å². The molecule has 1 N–H and O–H groups in total. The van der Waals surface area contributed by atoms with Crippen LogP contribution in [0.2, 0.25) is 0 Å². The van der Waals surface area contributed by atoms with Crippen LogP contribution in [-0.4, -0.2) is 33.9 Å². The molecule has 0 aromatic carbocycles. The SMILES string of the molecule is Cc1cc([C@H]2CNCC[C@H]2C)n2nc([C@H]3CC[C@H](C(F)(F)F)CC3)c(F)c2n1. The molecule has 2 fully saturated rings. The van der Waals surface area contributed by atoms with Gasteiger partial charge in [0, 0.05) is 24.1 Å². The van der Waals surface area contributed by atoms with Crippen LogP contribution >= 0.6 is 0 Å². The van der Waals surface area contributed by atoms with E-state index in [0.717, 1.165) is 30.9 Å². The van der Waals surface area contributed by atoms with Gasteiger partial charge in [-0.3, -0.25) is 0 Å². The van der Waals surface area contributed by atoms with Gasteiger partial charge in [0.25, 0.3) is 0 Å². The standard InChI is InChI=1S/C20H26F4N4/c1-11-7-8-25-10-15(11)16-9-12(2)26-19-17(21)18(27-28(16)19)13-3-5-14(6-4-13)20(22,23)24/h9,11,13-15,25H,3-8,10H2,1-2H3/t11-,13-,14-,15+/m1/s1. The van der Waals surface area contributed by atoms with Gasteiger partial charge in [0.15, 0.2) is 11.5 Å². The Hall–Kier alpha value is -1.70. The van der Waals surface area contributed by atoms with Crippen molar-refractivity contribution in [2.24, 2.45) is 11.8 Å². The van der Waals surface area contributed by atoms with Crippen molar-refractivity contribution in [2.45, 2.75) is 64.0 Å². The van der Waals surface area contributed by atoms with E-state index >= 15 is 4.39 Å². The predicted octanol–water partition coefficient (Wildman–Crippen LogP) is 4.73. The van der Waals surface area contributed by atoms with E-state index in [9.17, 15) is 13.2 Å². The quantitative estimate of drug-likeness (QED) is 0.744. The molecule has 2 aromatic heterocycles. The largest absolute Gasteiger partial charge is 0.391 e. The van der Waals surface area contributed by atoms with Crippen LogP contribution in [0.1, 0.15) is 67.9 Å². The number of alkyl halides is 3. The second-order valence-corrected chi connectivity index (χ2v) is 8.42. The van der Waals surface area contributed by atoms with Crippen molar-refractivity contribution < 1.29 is 17.6 Å². The summed E-state index contributed by atoms with van der Waals surface area (Å²) in [6, 6.07) is 1.96. The van der Waals surface area contributed by atoms with Gasteiger partial charge < -0.3 is 5.32 Å². The second-order valence-electron chi connectivity index (χ2n) is 8.42. The van der Waals surface area contributed by atoms with E-state index in [1.165, 1.54) is 0 Å². The number of fused-ring (bicyclic) bond motifs is 1. The molecule has 0 bridgehead atoms. The Morgan fingerprint density at radius 1 is 1.14 bits per heavy atom. The molecule has 2 atom stereocenters. The lowest BCUT2D eigenvalue weighted by Crippen LogP contribution is -2.35. The molecular weight excluding hydrogens is 372 g/mol. The van der Waals surface area contributed by atoms with Crippen LogP contribution in [0.15, 0.2) is 6.07 Å². The fourth-order valence-corrected chi connectivity index (χ4v) is 4.76. The predicted molar refractivity (Wildman–Crippen MR) is 97.8 cm³/mol. The van der Waals surface area contributed by atoms with Crippen LogP contribution in [0.3, 0.4) is 0 Å². The number of halogens is 4. The first-order valence-corrected chi connectivity index (χ1v) is 10.1. The molecule has 0 radical (unpaired) electrons. The zero-order valence-electron chi connectivity index (χ0n) is 16.2. The van der Waals surface area contributed by atoms with Crippen molar-refractivity contribution in [3.63, 3.8) is 0 Å². The molecule has 1 saturated heterocycles. The minimum atomic E-state index is -4.17. The average Bonchev–Trinajstić information content (AvgIpc) is 2.98. The number of aromatic nitrogens is 3. The fraction of sp³-hybridized carbons (Fsp3) is 0.700. The normalized spacial score (nSPS) is 29.4. The Bertz CT molecular complexity index is 852. The summed E-state index contributed by atoms with van der Waals surface area (Å²) < 4.78 is 55.6. The monoisotopic (exact) mass is 398 g/mol. The number of rotatable bonds is 2. The molecule has 3 heterocycles. The number of nitrogens with zero attached hydrogens (tertiary/aromatic N) is 3. The zero-order valence-corrected chi connectivity index (χ0v) is 16.2. The van der Waals surface area contributed by atoms with Crippen molar-refractivity contribution in [3.8, 4) is 0 Å². The highest BCUT2D eigenvalue weighted by atomic mass is 19.4. The third-order valence-corrected chi connectivity index (χ3v) is 6.50. The summed E-state index contributed by atoms with van der Waals surface area (Å²) in [5.74, 6) is -1.41. The van der Waals surface area contributed by atoms with Gasteiger partial charge in [0.1, 0.15) is 5.69 Å². The maximum Gasteiger partial charge on any atom is 0.391 e. The maximum absolute atomic E-state index is 15.2. The van der Waals surface area contributed by atoms with Crippen molar-refractivity contribution >= 4 is 5.65 Å². The van der Waals surface area contributed by atoms with E-state index in [1.807, 2.05) is 13.0 Å². The van der Waals surface area contributed by atoms with Crippen LogP contribution in [0.4, 0.5) is 17.6 Å². The summed E-state index contributed by atoms with van der Waals surface area (Å²) in [5.41, 5.74) is 2.12. The zero-order chi connectivity index (χ0) is 20.1. The Labute approximate surface area is 161 Å². The highest BCUT2D eigenvalue weighted by molar-refractivity contribution is 5.45. The van der Waals surface area contributed by atoms with Gasteiger partial charge in [-0.15, -0.1) is 0 Å². The van der Waals surface area contributed by atoms with Gasteiger partial charge in [-0.25, -0.2) is 13.9 Å². The molecular formula is C20H26F4N4. The molecule has 0 spiro atoms. The number of hydrogen-bond acceptors (Lipinski definition) is 3. The summed E-state index contributed by atoms with van der Waals surface area (Å²) in [6.07, 6.45) is -2.46. The smallest absolute Gasteiger partial charge is 0.316 e. The molecule has 1 aliphatic carbocycles. The molecule has 4 nitrogen and oxygen atoms in total. The number of nitrogens with one attached hydrogen (secondary N) is 1. The Balaban J connectivity index is 1.68. The van der Waals surface area contributed by atoms with Crippen molar-refractivity contribution in [1.82, 2.24) is 19.9 Å². The van der Waals surface area contributed by atoms with Crippen LogP contribution in [0, 0.1) is 24.6 Å². The lowest BCUT2D eigenvalue weighted by molar-refractivity contribution is -0.182. The lowest BCUT2D eigenvalue weighted by atomic mass is 9.80. The van der Waals surface area contributed by atoms with E-state index in [0.29, 0.717) is 18.8 Å². The summed E-state index contributed by atoms with van der Waals surface area (Å²) >= 11 is 0. The van der Waals surface area contributed by atoms with Crippen molar-refractivity contribution in [2.75, 3.05) is 13.1 Å². The lowest BCUT2D eigenvalue weighted by Gasteiger charge is -2.30. The molecule has 154 valence electrons. The minimum Gasteiger partial charge on any atom is -0.316 e. The Morgan fingerprint density at radius 3 is 2.50 bits per heavy atom. The molecule has 4 rings (SSSR count). The van der Waals surface area contributed by atoms with Crippen molar-refractivity contribution in [3.05, 3.63) is 29.0 Å². The summed E-state index contributed by atoms with van der Waals surface area (Å²) in [7, 11) is 0. The topological polar surface area (TPSA) is 42.2 Å². The van der Waals surface area contributed by atoms with Gasteiger partial charge in [0.2, 0.25) is 0 Å². The molecule has 28 heavy (non-hydrogen) atoms. The van der Waals surface area contributed by atoms with Gasteiger partial charge >= 0.3 is 6.18 Å². The summed E-state index contributed by atoms with van der Waals surface area (Å²) in [6.45, 7) is 5.79. The molecule has 2 aliphatic rings. The van der Waals surface area contributed by atoms with E-state index in [2.05, 4.69) is 22.3 Å². The van der Waals surface area contributed by atoms with Gasteiger partial charge in [0.05, 0.1) is 11.6 Å². The fourth-order valence-electron chi connectivity index (χ4n) is 4.76. The van der Waals surface area contributed by atoms with Gasteiger partial charge in [-0.1, -0.05) is 6.92 Å². The van der Waals surface area contributed by atoms with Crippen LogP contribution in [0.5, 0.6) is 0 Å². The molecule has 8 heteroatoms. The first kappa shape index (κ1) is 19.6. The van der Waals surface area contributed by atoms with E-state index in [-0.39, 0.29) is 36.0 Å². The average molecular weight is 398 g/mol. The Morgan fingerprint density at radius 2 is 1.86 bits per heavy atom. The van der Waals surface area contributed by atoms with Gasteiger partial charge in [-0.05, 0) is 57.6 Å². The highest BCUT2D eigenvalue weighted by Gasteiger charge is 2.42. The molecule has 1 saturated carbocycles. The van der Waals surface area contributed by atoms with E-state index in [1.54, 1.807) is 4.52 Å². The third kappa shape index (κ3) is 3.51. The van der Waals surface area contributed by atoms with Crippen molar-refractivity contribution in [1.29, 1.82) is 0 Å². The van der Waals surface area contributed by atoms with Crippen LogP contribution in [-0.2, 0) is 0 Å². The van der Waals surface area contributed by atoms with Gasteiger partial charge in [-0.2, -0.15) is 18.3 Å². The third-order valence-electron chi connectivity index (χ3n) is 6.50. The van der Waals surface area contributed by atoms with E-state index < -0.39 is 17.9 Å². The van der Waals surface area contributed by atoms with Crippen LogP contribution in [0.25, 0.3) is 5.65 Å². The summed E-state index contributed by atoms with van der Waals surface area (Å²) in [4.78, 5) is 4.35. The first-order chi connectivity index (χ1) is 13.3.